The molecule has 0 bridgehead atoms. The van der Waals surface area contributed by atoms with Crippen LogP contribution in [-0.4, -0.2) is 37.2 Å². The predicted molar refractivity (Wildman–Crippen MR) is 83.2 cm³/mol. The van der Waals surface area contributed by atoms with Crippen molar-refractivity contribution in [2.75, 3.05) is 13.2 Å². The van der Waals surface area contributed by atoms with Crippen molar-refractivity contribution in [1.82, 2.24) is 10.6 Å². The predicted octanol–water partition coefficient (Wildman–Crippen LogP) is 2.26. The number of carbonyl (C=O) groups is 1. The smallest absolute Gasteiger partial charge is 0.237 e. The summed E-state index contributed by atoms with van der Waals surface area (Å²) in [6.45, 7) is 5.51. The van der Waals surface area contributed by atoms with E-state index in [0.29, 0.717) is 6.04 Å². The minimum atomic E-state index is 0. The van der Waals surface area contributed by atoms with Crippen LogP contribution in [0.4, 0.5) is 0 Å². The van der Waals surface area contributed by atoms with Crippen molar-refractivity contribution in [3.63, 3.8) is 0 Å². The summed E-state index contributed by atoms with van der Waals surface area (Å²) in [5, 5.41) is 6.54. The van der Waals surface area contributed by atoms with Crippen LogP contribution in [0.1, 0.15) is 52.4 Å². The van der Waals surface area contributed by atoms with E-state index in [1.54, 1.807) is 0 Å². The Bertz CT molecular complexity index is 286. The van der Waals surface area contributed by atoms with Gasteiger partial charge in [-0.3, -0.25) is 4.79 Å². The first-order chi connectivity index (χ1) is 9.16. The van der Waals surface area contributed by atoms with E-state index in [-0.39, 0.29) is 30.5 Å². The van der Waals surface area contributed by atoms with Gasteiger partial charge in [0.15, 0.2) is 0 Å². The molecule has 0 aromatic carbocycles. The molecular formula is C15H29ClN2O2. The van der Waals surface area contributed by atoms with E-state index in [1.807, 2.05) is 13.8 Å². The lowest BCUT2D eigenvalue weighted by Crippen LogP contribution is -2.43. The summed E-state index contributed by atoms with van der Waals surface area (Å²) in [4.78, 5) is 12.1. The summed E-state index contributed by atoms with van der Waals surface area (Å²) in [5.74, 6) is 0.910. The highest BCUT2D eigenvalue weighted by Gasteiger charge is 2.37. The van der Waals surface area contributed by atoms with E-state index in [4.69, 9.17) is 4.74 Å². The van der Waals surface area contributed by atoms with Crippen LogP contribution < -0.4 is 10.6 Å². The molecule has 0 spiro atoms. The minimum Gasteiger partial charge on any atom is -0.379 e. The Morgan fingerprint density at radius 1 is 1.35 bits per heavy atom. The second kappa shape index (κ2) is 8.85. The van der Waals surface area contributed by atoms with E-state index >= 15 is 0 Å². The zero-order valence-electron chi connectivity index (χ0n) is 12.7. The minimum absolute atomic E-state index is 0. The zero-order chi connectivity index (χ0) is 13.7. The van der Waals surface area contributed by atoms with E-state index in [2.05, 4.69) is 10.6 Å². The average molecular weight is 305 g/mol. The van der Waals surface area contributed by atoms with Crippen LogP contribution in [0.25, 0.3) is 0 Å². The standard InChI is InChI=1S/C15H28N2O2.ClH/c1-11(2)19-9-5-8-16-15(18)14-10-12-6-3-4-7-13(12)17-14;/h11-14,17H,3-10H2,1-2H3,(H,16,18);1H. The van der Waals surface area contributed by atoms with Gasteiger partial charge in [-0.25, -0.2) is 0 Å². The molecule has 3 atom stereocenters. The normalized spacial score (nSPS) is 28.9. The van der Waals surface area contributed by atoms with Gasteiger partial charge in [-0.2, -0.15) is 0 Å². The van der Waals surface area contributed by atoms with Crippen LogP contribution in [0.3, 0.4) is 0 Å². The molecule has 1 amide bonds. The molecule has 2 fully saturated rings. The Kier molecular flexibility index (Phi) is 7.85. The van der Waals surface area contributed by atoms with Crippen molar-refractivity contribution in [3.05, 3.63) is 0 Å². The van der Waals surface area contributed by atoms with Crippen LogP contribution in [0.5, 0.6) is 0 Å². The second-order valence-electron chi connectivity index (χ2n) is 6.17. The molecule has 5 heteroatoms. The third-order valence-corrected chi connectivity index (χ3v) is 4.25. The number of carbonyl (C=O) groups excluding carboxylic acids is 1. The van der Waals surface area contributed by atoms with Crippen molar-refractivity contribution in [2.45, 2.75) is 70.6 Å². The lowest BCUT2D eigenvalue weighted by Gasteiger charge is -2.24. The molecular weight excluding hydrogens is 276 g/mol. The number of nitrogens with one attached hydrogen (secondary N) is 2. The van der Waals surface area contributed by atoms with Gasteiger partial charge in [0, 0.05) is 19.2 Å². The molecule has 0 aromatic heterocycles. The fraction of sp³-hybridized carbons (Fsp3) is 0.933. The highest BCUT2D eigenvalue weighted by molar-refractivity contribution is 5.85. The number of halogens is 1. The molecule has 1 aliphatic heterocycles. The topological polar surface area (TPSA) is 50.4 Å². The molecule has 1 saturated heterocycles. The molecule has 4 nitrogen and oxygen atoms in total. The Morgan fingerprint density at radius 3 is 2.80 bits per heavy atom. The van der Waals surface area contributed by atoms with Crippen LogP contribution in [0.2, 0.25) is 0 Å². The van der Waals surface area contributed by atoms with Gasteiger partial charge in [0.05, 0.1) is 12.1 Å². The van der Waals surface area contributed by atoms with Gasteiger partial charge in [-0.15, -0.1) is 12.4 Å². The monoisotopic (exact) mass is 304 g/mol. The molecule has 20 heavy (non-hydrogen) atoms. The molecule has 0 radical (unpaired) electrons. The summed E-state index contributed by atoms with van der Waals surface area (Å²) < 4.78 is 5.46. The van der Waals surface area contributed by atoms with Gasteiger partial charge >= 0.3 is 0 Å². The number of fused-ring (bicyclic) bond motifs is 1. The SMILES string of the molecule is CC(C)OCCCNC(=O)C1CC2CCCCC2N1.Cl. The second-order valence-corrected chi connectivity index (χ2v) is 6.17. The summed E-state index contributed by atoms with van der Waals surface area (Å²) in [6.07, 6.45) is 7.39. The number of rotatable bonds is 6. The molecule has 2 rings (SSSR count). The highest BCUT2D eigenvalue weighted by Crippen LogP contribution is 2.33. The third kappa shape index (κ3) is 5.23. The van der Waals surface area contributed by atoms with Crippen LogP contribution >= 0.6 is 12.4 Å². The maximum absolute atomic E-state index is 12.1. The summed E-state index contributed by atoms with van der Waals surface area (Å²) in [7, 11) is 0. The molecule has 1 saturated carbocycles. The summed E-state index contributed by atoms with van der Waals surface area (Å²) in [6, 6.07) is 0.632. The molecule has 0 aromatic rings. The fourth-order valence-corrected chi connectivity index (χ4v) is 3.25. The maximum atomic E-state index is 12.1. The summed E-state index contributed by atoms with van der Waals surface area (Å²) in [5.41, 5.74) is 0. The molecule has 2 N–H and O–H groups in total. The molecule has 3 unspecified atom stereocenters. The van der Waals surface area contributed by atoms with Crippen molar-refractivity contribution >= 4 is 18.3 Å². The largest absolute Gasteiger partial charge is 0.379 e. The maximum Gasteiger partial charge on any atom is 0.237 e. The van der Waals surface area contributed by atoms with Gasteiger partial charge in [0.25, 0.3) is 0 Å². The van der Waals surface area contributed by atoms with Gasteiger partial charge in [0.1, 0.15) is 0 Å². The Morgan fingerprint density at radius 2 is 2.10 bits per heavy atom. The van der Waals surface area contributed by atoms with Gasteiger partial charge in [-0.05, 0) is 45.4 Å². The van der Waals surface area contributed by atoms with E-state index in [1.165, 1.54) is 25.7 Å². The Balaban J connectivity index is 0.00000200. The quantitative estimate of drug-likeness (QED) is 0.740. The number of hydrogen-bond acceptors (Lipinski definition) is 3. The lowest BCUT2D eigenvalue weighted by atomic mass is 9.85. The average Bonchev–Trinajstić information content (AvgIpc) is 2.81. The number of amides is 1. The third-order valence-electron chi connectivity index (χ3n) is 4.25. The fourth-order valence-electron chi connectivity index (χ4n) is 3.25. The number of ether oxygens (including phenoxy) is 1. The first-order valence-corrected chi connectivity index (χ1v) is 7.82. The Labute approximate surface area is 128 Å². The van der Waals surface area contributed by atoms with Crippen LogP contribution in [0, 0.1) is 5.92 Å². The first kappa shape index (κ1) is 17.7. The van der Waals surface area contributed by atoms with Crippen molar-refractivity contribution < 1.29 is 9.53 Å². The molecule has 2 aliphatic rings. The van der Waals surface area contributed by atoms with E-state index in [0.717, 1.165) is 31.9 Å². The van der Waals surface area contributed by atoms with E-state index in [9.17, 15) is 4.79 Å². The first-order valence-electron chi connectivity index (χ1n) is 7.82. The summed E-state index contributed by atoms with van der Waals surface area (Å²) >= 11 is 0. The zero-order valence-corrected chi connectivity index (χ0v) is 13.5. The van der Waals surface area contributed by atoms with Gasteiger partial charge in [-0.1, -0.05) is 12.8 Å². The van der Waals surface area contributed by atoms with E-state index < -0.39 is 0 Å². The van der Waals surface area contributed by atoms with Crippen molar-refractivity contribution in [3.8, 4) is 0 Å². The molecule has 1 heterocycles. The van der Waals surface area contributed by atoms with Crippen molar-refractivity contribution in [2.24, 2.45) is 5.92 Å². The van der Waals surface area contributed by atoms with Crippen LogP contribution in [0.15, 0.2) is 0 Å². The van der Waals surface area contributed by atoms with Crippen molar-refractivity contribution in [1.29, 1.82) is 0 Å². The highest BCUT2D eigenvalue weighted by atomic mass is 35.5. The van der Waals surface area contributed by atoms with Gasteiger partial charge in [0.2, 0.25) is 5.91 Å². The molecule has 1 aliphatic carbocycles. The molecule has 118 valence electrons. The number of hydrogen-bond donors (Lipinski definition) is 2. The van der Waals surface area contributed by atoms with Crippen LogP contribution in [-0.2, 0) is 9.53 Å². The lowest BCUT2D eigenvalue weighted by molar-refractivity contribution is -0.122. The Hall–Kier alpha value is -0.320. The van der Waals surface area contributed by atoms with Gasteiger partial charge < -0.3 is 15.4 Å².